The Morgan fingerprint density at radius 2 is 1.82 bits per heavy atom. The van der Waals surface area contributed by atoms with Gasteiger partial charge in [-0.25, -0.2) is 4.39 Å². The first-order valence-electron chi connectivity index (χ1n) is 11.7. The Kier molecular flexibility index (Phi) is 8.43. The molecule has 3 rings (SSSR count). The first-order chi connectivity index (χ1) is 13.7. The number of aryl methyl sites for hydroxylation is 1. The van der Waals surface area contributed by atoms with E-state index >= 15 is 0 Å². The molecule has 1 aromatic rings. The van der Waals surface area contributed by atoms with E-state index in [2.05, 4.69) is 13.0 Å². The molecular weight excluding hydrogens is 347 g/mol. The Morgan fingerprint density at radius 3 is 2.46 bits per heavy atom. The minimum absolute atomic E-state index is 0.247. The Bertz CT molecular complexity index is 627. The molecule has 0 bridgehead atoms. The van der Waals surface area contributed by atoms with Crippen LogP contribution in [0.15, 0.2) is 29.8 Å². The predicted molar refractivity (Wildman–Crippen MR) is 116 cm³/mol. The van der Waals surface area contributed by atoms with Crippen LogP contribution in [-0.2, 0) is 6.42 Å². The molecule has 1 aromatic carbocycles. The van der Waals surface area contributed by atoms with Gasteiger partial charge in [0, 0.05) is 0 Å². The van der Waals surface area contributed by atoms with Gasteiger partial charge in [0.1, 0.15) is 0 Å². The molecule has 28 heavy (non-hydrogen) atoms. The summed E-state index contributed by atoms with van der Waals surface area (Å²) in [6.07, 6.45) is 20.0. The normalized spacial score (nSPS) is 25.4. The summed E-state index contributed by atoms with van der Waals surface area (Å²) in [5, 5.41) is 0. The molecule has 1 atom stereocenters. The minimum atomic E-state index is -0.247. The van der Waals surface area contributed by atoms with Crippen LogP contribution in [0.4, 0.5) is 4.39 Å². The van der Waals surface area contributed by atoms with Crippen molar-refractivity contribution < 1.29 is 9.13 Å². The van der Waals surface area contributed by atoms with E-state index in [1.165, 1.54) is 77.7 Å². The van der Waals surface area contributed by atoms with E-state index in [-0.39, 0.29) is 5.82 Å². The van der Waals surface area contributed by atoms with Gasteiger partial charge in [-0.05, 0) is 80.4 Å². The summed E-state index contributed by atoms with van der Waals surface area (Å²) >= 11 is 0. The first-order valence-corrected chi connectivity index (χ1v) is 11.7. The van der Waals surface area contributed by atoms with Crippen molar-refractivity contribution in [2.24, 2.45) is 17.8 Å². The highest BCUT2D eigenvalue weighted by molar-refractivity contribution is 5.29. The van der Waals surface area contributed by atoms with Crippen molar-refractivity contribution in [1.82, 2.24) is 0 Å². The van der Waals surface area contributed by atoms with Crippen LogP contribution in [0.25, 0.3) is 0 Å². The van der Waals surface area contributed by atoms with E-state index < -0.39 is 0 Å². The molecule has 0 saturated heterocycles. The molecule has 0 spiro atoms. The van der Waals surface area contributed by atoms with E-state index in [0.717, 1.165) is 36.2 Å². The van der Waals surface area contributed by atoms with Crippen molar-refractivity contribution in [1.29, 1.82) is 0 Å². The standard InChI is InChI=1S/C26H39FO/c1-3-4-5-6-20-9-14-23(15-10-20)24-16-11-21(12-17-24)7-8-22-13-18-26(28-2)25(27)19-22/h11,13,18-20,23-24H,3-10,12,14-17H2,1-2H3. The molecule has 2 heteroatoms. The first kappa shape index (κ1) is 21.4. The zero-order valence-corrected chi connectivity index (χ0v) is 18.0. The lowest BCUT2D eigenvalue weighted by molar-refractivity contribution is 0.185. The van der Waals surface area contributed by atoms with Gasteiger partial charge in [-0.15, -0.1) is 0 Å². The number of benzene rings is 1. The van der Waals surface area contributed by atoms with Gasteiger partial charge in [-0.3, -0.25) is 0 Å². The summed E-state index contributed by atoms with van der Waals surface area (Å²) in [6, 6.07) is 5.37. The molecule has 0 amide bonds. The molecule has 0 aliphatic heterocycles. The van der Waals surface area contributed by atoms with E-state index in [1.807, 2.05) is 6.07 Å². The van der Waals surface area contributed by atoms with Crippen LogP contribution in [0.3, 0.4) is 0 Å². The Balaban J connectivity index is 1.39. The van der Waals surface area contributed by atoms with Gasteiger partial charge in [0.15, 0.2) is 11.6 Å². The fraction of sp³-hybridized carbons (Fsp3) is 0.692. The molecular formula is C26H39FO. The fourth-order valence-corrected chi connectivity index (χ4v) is 5.37. The number of allylic oxidation sites excluding steroid dienone is 2. The molecule has 2 aliphatic carbocycles. The number of halogens is 1. The van der Waals surface area contributed by atoms with Gasteiger partial charge in [0.05, 0.1) is 7.11 Å². The molecule has 2 aliphatic rings. The van der Waals surface area contributed by atoms with Crippen LogP contribution in [0.1, 0.15) is 89.5 Å². The SMILES string of the molecule is CCCCCC1CCC(C2CC=C(CCc3ccc(OC)c(F)c3)CC2)CC1. The number of hydrogen-bond donors (Lipinski definition) is 0. The van der Waals surface area contributed by atoms with Crippen molar-refractivity contribution >= 4 is 0 Å². The average Bonchev–Trinajstić information content (AvgIpc) is 2.73. The molecule has 1 nitrogen and oxygen atoms in total. The second kappa shape index (κ2) is 11.0. The van der Waals surface area contributed by atoms with E-state index in [4.69, 9.17) is 4.74 Å². The third-order valence-electron chi connectivity index (χ3n) is 7.27. The molecule has 0 N–H and O–H groups in total. The van der Waals surface area contributed by atoms with Gasteiger partial charge >= 0.3 is 0 Å². The highest BCUT2D eigenvalue weighted by atomic mass is 19.1. The van der Waals surface area contributed by atoms with Crippen molar-refractivity contribution in [3.8, 4) is 5.75 Å². The summed E-state index contributed by atoms with van der Waals surface area (Å²) in [5.74, 6) is 2.99. The van der Waals surface area contributed by atoms with Crippen LogP contribution in [0.2, 0.25) is 0 Å². The monoisotopic (exact) mass is 386 g/mol. The van der Waals surface area contributed by atoms with Gasteiger partial charge in [0.25, 0.3) is 0 Å². The molecule has 0 heterocycles. The van der Waals surface area contributed by atoms with E-state index in [0.29, 0.717) is 5.75 Å². The summed E-state index contributed by atoms with van der Waals surface area (Å²) in [5.41, 5.74) is 2.66. The van der Waals surface area contributed by atoms with E-state index in [1.54, 1.807) is 17.7 Å². The van der Waals surface area contributed by atoms with Crippen LogP contribution in [0, 0.1) is 23.6 Å². The largest absolute Gasteiger partial charge is 0.494 e. The van der Waals surface area contributed by atoms with E-state index in [9.17, 15) is 4.39 Å². The summed E-state index contributed by atoms with van der Waals surface area (Å²) in [6.45, 7) is 2.30. The third-order valence-corrected chi connectivity index (χ3v) is 7.27. The second-order valence-electron chi connectivity index (χ2n) is 9.14. The number of ether oxygens (including phenoxy) is 1. The van der Waals surface area contributed by atoms with Crippen molar-refractivity contribution in [3.05, 3.63) is 41.2 Å². The van der Waals surface area contributed by atoms with Gasteiger partial charge in [-0.1, -0.05) is 63.2 Å². The zero-order valence-electron chi connectivity index (χ0n) is 18.0. The number of unbranched alkanes of at least 4 members (excludes halogenated alkanes) is 2. The lowest BCUT2D eigenvalue weighted by atomic mass is 9.70. The molecule has 1 saturated carbocycles. The van der Waals surface area contributed by atoms with Crippen LogP contribution < -0.4 is 4.74 Å². The fourth-order valence-electron chi connectivity index (χ4n) is 5.37. The highest BCUT2D eigenvalue weighted by Crippen LogP contribution is 2.41. The Morgan fingerprint density at radius 1 is 1.00 bits per heavy atom. The molecule has 1 unspecified atom stereocenters. The van der Waals surface area contributed by atoms with Crippen LogP contribution in [-0.4, -0.2) is 7.11 Å². The van der Waals surface area contributed by atoms with Crippen molar-refractivity contribution in [2.45, 2.75) is 90.4 Å². The zero-order chi connectivity index (χ0) is 19.8. The van der Waals surface area contributed by atoms with Crippen molar-refractivity contribution in [2.75, 3.05) is 7.11 Å². The maximum atomic E-state index is 13.8. The summed E-state index contributed by atoms with van der Waals surface area (Å²) in [7, 11) is 1.51. The molecule has 156 valence electrons. The summed E-state index contributed by atoms with van der Waals surface area (Å²) < 4.78 is 18.9. The van der Waals surface area contributed by atoms with Crippen LogP contribution in [0.5, 0.6) is 5.75 Å². The average molecular weight is 387 g/mol. The maximum Gasteiger partial charge on any atom is 0.165 e. The van der Waals surface area contributed by atoms with Crippen molar-refractivity contribution in [3.63, 3.8) is 0 Å². The minimum Gasteiger partial charge on any atom is -0.494 e. The number of hydrogen-bond acceptors (Lipinski definition) is 1. The number of methoxy groups -OCH3 is 1. The maximum absolute atomic E-state index is 13.8. The van der Waals surface area contributed by atoms with Gasteiger partial charge < -0.3 is 4.74 Å². The third kappa shape index (κ3) is 6.09. The summed E-state index contributed by atoms with van der Waals surface area (Å²) in [4.78, 5) is 0. The Hall–Kier alpha value is -1.31. The lowest BCUT2D eigenvalue weighted by Gasteiger charge is -2.35. The highest BCUT2D eigenvalue weighted by Gasteiger charge is 2.28. The quantitative estimate of drug-likeness (QED) is 0.310. The second-order valence-corrected chi connectivity index (χ2v) is 9.14. The topological polar surface area (TPSA) is 9.23 Å². The molecule has 0 radical (unpaired) electrons. The molecule has 1 fully saturated rings. The van der Waals surface area contributed by atoms with Gasteiger partial charge in [0.2, 0.25) is 0 Å². The predicted octanol–water partition coefficient (Wildman–Crippen LogP) is 7.88. The van der Waals surface area contributed by atoms with Gasteiger partial charge in [-0.2, -0.15) is 0 Å². The molecule has 0 aromatic heterocycles. The lowest BCUT2D eigenvalue weighted by Crippen LogP contribution is -2.23. The van der Waals surface area contributed by atoms with Crippen LogP contribution >= 0.6 is 0 Å². The smallest absolute Gasteiger partial charge is 0.165 e. The number of rotatable bonds is 9. The Labute approximate surface area is 171 Å².